The monoisotopic (exact) mass is 237 g/mol. The van der Waals surface area contributed by atoms with E-state index in [0.29, 0.717) is 13.2 Å². The van der Waals surface area contributed by atoms with Crippen LogP contribution in [-0.4, -0.2) is 24.3 Å². The van der Waals surface area contributed by atoms with Crippen molar-refractivity contribution in [1.82, 2.24) is 0 Å². The van der Waals surface area contributed by atoms with E-state index < -0.39 is 5.97 Å². The van der Waals surface area contributed by atoms with E-state index in [0.717, 1.165) is 6.08 Å². The summed E-state index contributed by atoms with van der Waals surface area (Å²) in [5.41, 5.74) is 0. The molecule has 1 radical (unpaired) electrons. The van der Waals surface area contributed by atoms with E-state index in [-0.39, 0.29) is 22.4 Å². The Kier molecular flexibility index (Phi) is 11.2. The molecule has 0 heterocycles. The van der Waals surface area contributed by atoms with Gasteiger partial charge in [0.25, 0.3) is 0 Å². The maximum atomic E-state index is 9.82. The van der Waals surface area contributed by atoms with Crippen LogP contribution in [-0.2, 0) is 31.9 Å². The average molecular weight is 238 g/mol. The minimum Gasteiger partial charge on any atom is -0.478 e. The Hall–Kier alpha value is -0.0897. The van der Waals surface area contributed by atoms with Gasteiger partial charge in [-0.25, -0.2) is 4.79 Å². The fourth-order valence-electron chi connectivity index (χ4n) is 0.335. The van der Waals surface area contributed by atoms with E-state index in [1.54, 1.807) is 0 Å². The number of carbonyl (C=O) groups is 1. The topological polar surface area (TPSA) is 46.5 Å². The molecule has 0 unspecified atom stereocenters. The third kappa shape index (κ3) is 10.8. The Morgan fingerprint density at radius 3 is 2.70 bits per heavy atom. The van der Waals surface area contributed by atoms with Crippen molar-refractivity contribution >= 4 is 5.97 Å². The maximum absolute atomic E-state index is 9.82. The second kappa shape index (κ2) is 8.91. The zero-order chi connectivity index (χ0) is 7.11. The first kappa shape index (κ1) is 12.6. The Morgan fingerprint density at radius 2 is 2.30 bits per heavy atom. The van der Waals surface area contributed by atoms with Gasteiger partial charge in [-0.2, -0.15) is 0 Å². The number of ether oxygens (including phenoxy) is 1. The zero-order valence-corrected chi connectivity index (χ0v) is 7.12. The molecule has 0 spiro atoms. The average Bonchev–Trinajstić information content (AvgIpc) is 1.80. The molecule has 0 atom stereocenters. The van der Waals surface area contributed by atoms with Crippen molar-refractivity contribution in [2.45, 2.75) is 6.92 Å². The van der Waals surface area contributed by atoms with Gasteiger partial charge in [0, 0.05) is 35.1 Å². The van der Waals surface area contributed by atoms with E-state index in [9.17, 15) is 4.79 Å². The molecule has 3 nitrogen and oxygen atoms in total. The van der Waals surface area contributed by atoms with Gasteiger partial charge in [0.05, 0.1) is 6.61 Å². The third-order valence-electron chi connectivity index (χ3n) is 0.679. The molecule has 0 rings (SSSR count). The standard InChI is InChI=1S/C6H10O3.Ag/c1-2-9-5-3-4-6(7)8;/h3-4H,2,5H2,1H3,(H,7,8);/b4-3+;. The minimum absolute atomic E-state index is 0. The number of rotatable bonds is 4. The van der Waals surface area contributed by atoms with Gasteiger partial charge in [-0.15, -0.1) is 0 Å². The van der Waals surface area contributed by atoms with Crippen LogP contribution in [0.4, 0.5) is 0 Å². The molecule has 0 aliphatic rings. The van der Waals surface area contributed by atoms with E-state index in [1.807, 2.05) is 6.92 Å². The molecule has 0 aromatic rings. The Bertz CT molecular complexity index is 112. The summed E-state index contributed by atoms with van der Waals surface area (Å²) >= 11 is 0. The predicted octanol–water partition coefficient (Wildman–Crippen LogP) is 0.661. The van der Waals surface area contributed by atoms with Crippen LogP contribution in [0.1, 0.15) is 6.92 Å². The fraction of sp³-hybridized carbons (Fsp3) is 0.500. The van der Waals surface area contributed by atoms with Gasteiger partial charge < -0.3 is 9.84 Å². The van der Waals surface area contributed by atoms with Crippen molar-refractivity contribution < 1.29 is 37.0 Å². The summed E-state index contributed by atoms with van der Waals surface area (Å²) in [6.45, 7) is 2.85. The zero-order valence-electron chi connectivity index (χ0n) is 5.63. The van der Waals surface area contributed by atoms with Crippen LogP contribution in [0.2, 0.25) is 0 Å². The first-order valence-corrected chi connectivity index (χ1v) is 2.74. The largest absolute Gasteiger partial charge is 0.478 e. The van der Waals surface area contributed by atoms with E-state index >= 15 is 0 Å². The van der Waals surface area contributed by atoms with Gasteiger partial charge in [0.1, 0.15) is 0 Å². The molecular formula is C6H10AgO3. The second-order valence-electron chi connectivity index (χ2n) is 1.40. The summed E-state index contributed by atoms with van der Waals surface area (Å²) in [6.07, 6.45) is 2.53. The molecule has 63 valence electrons. The van der Waals surface area contributed by atoms with E-state index in [4.69, 9.17) is 9.84 Å². The molecule has 0 saturated carbocycles. The van der Waals surface area contributed by atoms with Crippen LogP contribution in [0.5, 0.6) is 0 Å². The van der Waals surface area contributed by atoms with Crippen LogP contribution in [0.25, 0.3) is 0 Å². The first-order chi connectivity index (χ1) is 4.27. The molecule has 0 fully saturated rings. The van der Waals surface area contributed by atoms with Gasteiger partial charge in [-0.3, -0.25) is 0 Å². The molecule has 0 bridgehead atoms. The van der Waals surface area contributed by atoms with Crippen LogP contribution in [0.3, 0.4) is 0 Å². The normalized spacial score (nSPS) is 9.30. The van der Waals surface area contributed by atoms with Crippen LogP contribution < -0.4 is 0 Å². The van der Waals surface area contributed by atoms with Gasteiger partial charge in [-0.1, -0.05) is 6.08 Å². The number of carboxylic acids is 1. The Labute approximate surface area is 75.6 Å². The third-order valence-corrected chi connectivity index (χ3v) is 0.679. The van der Waals surface area contributed by atoms with Gasteiger partial charge in [-0.05, 0) is 6.92 Å². The summed E-state index contributed by atoms with van der Waals surface area (Å²) in [4.78, 5) is 9.82. The smallest absolute Gasteiger partial charge is 0.328 e. The number of aliphatic carboxylic acids is 1. The molecule has 0 aliphatic carbocycles. The molecule has 0 aromatic heterocycles. The summed E-state index contributed by atoms with van der Waals surface area (Å²) in [5.74, 6) is -0.935. The van der Waals surface area contributed by atoms with Crippen LogP contribution in [0, 0.1) is 0 Å². The molecule has 10 heavy (non-hydrogen) atoms. The number of hydrogen-bond acceptors (Lipinski definition) is 2. The van der Waals surface area contributed by atoms with Crippen LogP contribution >= 0.6 is 0 Å². The van der Waals surface area contributed by atoms with Gasteiger partial charge >= 0.3 is 5.97 Å². The van der Waals surface area contributed by atoms with Crippen molar-refractivity contribution in [2.24, 2.45) is 0 Å². The summed E-state index contributed by atoms with van der Waals surface area (Å²) in [5, 5.41) is 8.07. The quantitative estimate of drug-likeness (QED) is 0.444. The molecular weight excluding hydrogens is 228 g/mol. The second-order valence-corrected chi connectivity index (χ2v) is 1.40. The molecule has 1 N–H and O–H groups in total. The van der Waals surface area contributed by atoms with Crippen molar-refractivity contribution in [3.8, 4) is 0 Å². The summed E-state index contributed by atoms with van der Waals surface area (Å²) < 4.78 is 4.83. The van der Waals surface area contributed by atoms with Crippen molar-refractivity contribution in [3.05, 3.63) is 12.2 Å². The number of carboxylic acid groups (broad SMARTS) is 1. The van der Waals surface area contributed by atoms with Gasteiger partial charge in [0.15, 0.2) is 0 Å². The molecule has 0 amide bonds. The fourth-order valence-corrected chi connectivity index (χ4v) is 0.335. The van der Waals surface area contributed by atoms with E-state index in [2.05, 4.69) is 0 Å². The molecule has 0 saturated heterocycles. The summed E-state index contributed by atoms with van der Waals surface area (Å²) in [7, 11) is 0. The molecule has 4 heteroatoms. The minimum atomic E-state index is -0.935. The van der Waals surface area contributed by atoms with Crippen LogP contribution in [0.15, 0.2) is 12.2 Å². The van der Waals surface area contributed by atoms with Gasteiger partial charge in [0.2, 0.25) is 0 Å². The first-order valence-electron chi connectivity index (χ1n) is 2.74. The molecule has 0 aromatic carbocycles. The number of hydrogen-bond donors (Lipinski definition) is 1. The molecule has 0 aliphatic heterocycles. The van der Waals surface area contributed by atoms with Crippen molar-refractivity contribution in [1.29, 1.82) is 0 Å². The maximum Gasteiger partial charge on any atom is 0.328 e. The van der Waals surface area contributed by atoms with E-state index in [1.165, 1.54) is 6.08 Å². The van der Waals surface area contributed by atoms with Crippen molar-refractivity contribution in [2.75, 3.05) is 13.2 Å². The Balaban J connectivity index is 0. The predicted molar refractivity (Wildman–Crippen MR) is 33.3 cm³/mol. The van der Waals surface area contributed by atoms with Crippen molar-refractivity contribution in [3.63, 3.8) is 0 Å². The SMILES string of the molecule is CCOC/C=C/C(=O)O.[Ag]. The summed E-state index contributed by atoms with van der Waals surface area (Å²) in [6, 6.07) is 0. The Morgan fingerprint density at radius 1 is 1.70 bits per heavy atom.